The van der Waals surface area contributed by atoms with Crippen molar-refractivity contribution < 1.29 is 13.9 Å². The SMILES string of the molecule is CCOC(=O)CCC1(CNc2ccc(C#N)cc2F)CC1. The second-order valence-electron chi connectivity index (χ2n) is 5.47. The minimum absolute atomic E-state index is 0.0765. The molecule has 1 N–H and O–H groups in total. The van der Waals surface area contributed by atoms with E-state index in [1.165, 1.54) is 6.07 Å². The first kappa shape index (κ1) is 15.3. The second-order valence-corrected chi connectivity index (χ2v) is 5.47. The van der Waals surface area contributed by atoms with E-state index in [1.54, 1.807) is 19.1 Å². The van der Waals surface area contributed by atoms with Crippen LogP contribution >= 0.6 is 0 Å². The Balaban J connectivity index is 1.85. The van der Waals surface area contributed by atoms with Gasteiger partial charge in [0.1, 0.15) is 5.82 Å². The van der Waals surface area contributed by atoms with E-state index in [-0.39, 0.29) is 11.4 Å². The molecule has 1 aromatic carbocycles. The van der Waals surface area contributed by atoms with Crippen molar-refractivity contribution in [3.8, 4) is 6.07 Å². The summed E-state index contributed by atoms with van der Waals surface area (Å²) in [7, 11) is 0. The topological polar surface area (TPSA) is 62.1 Å². The van der Waals surface area contributed by atoms with Crippen molar-refractivity contribution in [2.24, 2.45) is 5.41 Å². The van der Waals surface area contributed by atoms with Gasteiger partial charge in [0.2, 0.25) is 0 Å². The monoisotopic (exact) mass is 290 g/mol. The summed E-state index contributed by atoms with van der Waals surface area (Å²) in [5.74, 6) is -0.594. The smallest absolute Gasteiger partial charge is 0.305 e. The molecule has 4 nitrogen and oxygen atoms in total. The fraction of sp³-hybridized carbons (Fsp3) is 0.500. The third-order valence-corrected chi connectivity index (χ3v) is 3.87. The third kappa shape index (κ3) is 4.19. The van der Waals surface area contributed by atoms with Crippen molar-refractivity contribution in [2.75, 3.05) is 18.5 Å². The summed E-state index contributed by atoms with van der Waals surface area (Å²) in [6.07, 6.45) is 3.25. The summed E-state index contributed by atoms with van der Waals surface area (Å²) in [6.45, 7) is 2.83. The van der Waals surface area contributed by atoms with Crippen LogP contribution in [0.1, 0.15) is 38.2 Å². The number of carbonyl (C=O) groups excluding carboxylic acids is 1. The number of hydrogen-bond donors (Lipinski definition) is 1. The zero-order chi connectivity index (χ0) is 15.3. The molecule has 0 unspecified atom stereocenters. The minimum Gasteiger partial charge on any atom is -0.466 e. The van der Waals surface area contributed by atoms with Gasteiger partial charge in [-0.25, -0.2) is 4.39 Å². The number of nitrogens with zero attached hydrogens (tertiary/aromatic N) is 1. The van der Waals surface area contributed by atoms with E-state index in [2.05, 4.69) is 5.32 Å². The molecular formula is C16H19FN2O2. The van der Waals surface area contributed by atoms with E-state index in [0.29, 0.717) is 30.8 Å². The Morgan fingerprint density at radius 2 is 2.29 bits per heavy atom. The highest BCUT2D eigenvalue weighted by molar-refractivity contribution is 5.69. The summed E-state index contributed by atoms with van der Waals surface area (Å²) >= 11 is 0. The summed E-state index contributed by atoms with van der Waals surface area (Å²) in [5.41, 5.74) is 0.783. The molecule has 0 spiro atoms. The lowest BCUT2D eigenvalue weighted by Crippen LogP contribution is -2.18. The molecule has 2 rings (SSSR count). The van der Waals surface area contributed by atoms with Gasteiger partial charge in [0.25, 0.3) is 0 Å². The van der Waals surface area contributed by atoms with Crippen molar-refractivity contribution in [3.63, 3.8) is 0 Å². The van der Waals surface area contributed by atoms with Gasteiger partial charge in [-0.2, -0.15) is 5.26 Å². The van der Waals surface area contributed by atoms with Gasteiger partial charge in [0.15, 0.2) is 0 Å². The van der Waals surface area contributed by atoms with Crippen molar-refractivity contribution in [3.05, 3.63) is 29.6 Å². The molecule has 1 saturated carbocycles. The van der Waals surface area contributed by atoms with Gasteiger partial charge < -0.3 is 10.1 Å². The zero-order valence-corrected chi connectivity index (χ0v) is 12.1. The lowest BCUT2D eigenvalue weighted by atomic mass is 10.00. The molecule has 0 amide bonds. The zero-order valence-electron chi connectivity index (χ0n) is 12.1. The van der Waals surface area contributed by atoms with E-state index in [4.69, 9.17) is 10.00 Å². The number of carbonyl (C=O) groups is 1. The summed E-state index contributed by atoms with van der Waals surface area (Å²) in [5, 5.41) is 11.8. The summed E-state index contributed by atoms with van der Waals surface area (Å²) in [4.78, 5) is 11.4. The van der Waals surface area contributed by atoms with Crippen LogP contribution in [0.5, 0.6) is 0 Å². The molecule has 1 fully saturated rings. The van der Waals surface area contributed by atoms with E-state index in [9.17, 15) is 9.18 Å². The highest BCUT2D eigenvalue weighted by Gasteiger charge is 2.42. The number of nitriles is 1. The Morgan fingerprint density at radius 3 is 2.86 bits per heavy atom. The molecule has 0 atom stereocenters. The van der Waals surface area contributed by atoms with Crippen LogP contribution in [0.4, 0.5) is 10.1 Å². The molecule has 21 heavy (non-hydrogen) atoms. The summed E-state index contributed by atoms with van der Waals surface area (Å²) in [6, 6.07) is 6.29. The van der Waals surface area contributed by atoms with E-state index in [0.717, 1.165) is 19.3 Å². The van der Waals surface area contributed by atoms with Crippen LogP contribution in [0, 0.1) is 22.6 Å². The van der Waals surface area contributed by atoms with Crippen molar-refractivity contribution >= 4 is 11.7 Å². The van der Waals surface area contributed by atoms with Gasteiger partial charge >= 0.3 is 5.97 Å². The standard InChI is InChI=1S/C16H19FN2O2/c1-2-21-15(20)5-6-16(7-8-16)11-19-14-4-3-12(10-18)9-13(14)17/h3-4,9,19H,2,5-8,11H2,1H3. The average Bonchev–Trinajstić information content (AvgIpc) is 3.25. The molecule has 0 heterocycles. The quantitative estimate of drug-likeness (QED) is 0.783. The van der Waals surface area contributed by atoms with Gasteiger partial charge in [-0.1, -0.05) is 0 Å². The van der Waals surface area contributed by atoms with E-state index < -0.39 is 5.82 Å². The molecule has 0 bridgehead atoms. The fourth-order valence-electron chi connectivity index (χ4n) is 2.30. The first-order chi connectivity index (χ1) is 10.1. The Morgan fingerprint density at radius 1 is 1.52 bits per heavy atom. The van der Waals surface area contributed by atoms with Crippen LogP contribution in [-0.4, -0.2) is 19.1 Å². The average molecular weight is 290 g/mol. The maximum absolute atomic E-state index is 13.8. The number of anilines is 1. The molecule has 0 aromatic heterocycles. The first-order valence-electron chi connectivity index (χ1n) is 7.18. The van der Waals surface area contributed by atoms with Gasteiger partial charge in [-0.05, 0) is 49.8 Å². The third-order valence-electron chi connectivity index (χ3n) is 3.87. The van der Waals surface area contributed by atoms with Crippen molar-refractivity contribution in [2.45, 2.75) is 32.6 Å². The fourth-order valence-corrected chi connectivity index (χ4v) is 2.30. The van der Waals surface area contributed by atoms with Crippen LogP contribution < -0.4 is 5.32 Å². The lowest BCUT2D eigenvalue weighted by Gasteiger charge is -2.16. The maximum atomic E-state index is 13.8. The highest BCUT2D eigenvalue weighted by atomic mass is 19.1. The minimum atomic E-state index is -0.421. The molecule has 0 aliphatic heterocycles. The number of hydrogen-bond acceptors (Lipinski definition) is 4. The predicted molar refractivity (Wildman–Crippen MR) is 77.1 cm³/mol. The number of rotatable bonds is 7. The van der Waals surface area contributed by atoms with Crippen molar-refractivity contribution in [1.82, 2.24) is 0 Å². The molecule has 1 aromatic rings. The largest absolute Gasteiger partial charge is 0.466 e. The second kappa shape index (κ2) is 6.57. The Labute approximate surface area is 123 Å². The molecule has 1 aliphatic carbocycles. The first-order valence-corrected chi connectivity index (χ1v) is 7.18. The summed E-state index contributed by atoms with van der Waals surface area (Å²) < 4.78 is 18.7. The van der Waals surface area contributed by atoms with Crippen LogP contribution in [0.3, 0.4) is 0 Å². The molecule has 0 radical (unpaired) electrons. The van der Waals surface area contributed by atoms with Crippen LogP contribution in [0.15, 0.2) is 18.2 Å². The highest BCUT2D eigenvalue weighted by Crippen LogP contribution is 2.49. The van der Waals surface area contributed by atoms with Gasteiger partial charge in [0.05, 0.1) is 23.9 Å². The number of ether oxygens (including phenoxy) is 1. The Bertz CT molecular complexity index is 562. The van der Waals surface area contributed by atoms with E-state index >= 15 is 0 Å². The number of nitrogens with one attached hydrogen (secondary N) is 1. The molecular weight excluding hydrogens is 271 g/mol. The number of benzene rings is 1. The lowest BCUT2D eigenvalue weighted by molar-refractivity contribution is -0.143. The van der Waals surface area contributed by atoms with Gasteiger partial charge in [-0.15, -0.1) is 0 Å². The van der Waals surface area contributed by atoms with Crippen molar-refractivity contribution in [1.29, 1.82) is 5.26 Å². The molecule has 112 valence electrons. The van der Waals surface area contributed by atoms with Gasteiger partial charge in [0, 0.05) is 13.0 Å². The Kier molecular flexibility index (Phi) is 4.79. The molecule has 5 heteroatoms. The molecule has 0 saturated heterocycles. The normalized spacial score (nSPS) is 15.1. The Hall–Kier alpha value is -2.09. The number of esters is 1. The van der Waals surface area contributed by atoms with Gasteiger partial charge in [-0.3, -0.25) is 4.79 Å². The number of halogens is 1. The molecule has 1 aliphatic rings. The van der Waals surface area contributed by atoms with E-state index in [1.807, 2.05) is 6.07 Å². The maximum Gasteiger partial charge on any atom is 0.305 e. The van der Waals surface area contributed by atoms with Crippen LogP contribution in [-0.2, 0) is 9.53 Å². The van der Waals surface area contributed by atoms with Crippen LogP contribution in [0.25, 0.3) is 0 Å². The predicted octanol–water partition coefficient (Wildman–Crippen LogP) is 3.23. The van der Waals surface area contributed by atoms with Crippen LogP contribution in [0.2, 0.25) is 0 Å².